The van der Waals surface area contributed by atoms with Crippen LogP contribution in [0.5, 0.6) is 0 Å². The van der Waals surface area contributed by atoms with Crippen molar-refractivity contribution in [3.8, 4) is 0 Å². The van der Waals surface area contributed by atoms with Crippen molar-refractivity contribution >= 4 is 30.0 Å². The lowest BCUT2D eigenvalue weighted by atomic mass is 9.58. The van der Waals surface area contributed by atoms with Crippen molar-refractivity contribution in [2.75, 3.05) is 0 Å². The van der Waals surface area contributed by atoms with Crippen LogP contribution in [0.1, 0.15) is 46.2 Å². The van der Waals surface area contributed by atoms with Crippen LogP contribution < -0.4 is 0 Å². The molecule has 0 amide bonds. The lowest BCUT2D eigenvalue weighted by Crippen LogP contribution is -2.40. The molecule has 0 bridgehead atoms. The first kappa shape index (κ1) is 22.2. The van der Waals surface area contributed by atoms with Gasteiger partial charge < -0.3 is 9.59 Å². The highest BCUT2D eigenvalue weighted by atomic mass is 35.5. The van der Waals surface area contributed by atoms with Crippen LogP contribution in [0.2, 0.25) is 5.02 Å². The normalized spacial score (nSPS) is 25.1. The van der Waals surface area contributed by atoms with E-state index in [1.807, 2.05) is 66.7 Å². The highest BCUT2D eigenvalue weighted by Crippen LogP contribution is 2.52. The highest BCUT2D eigenvalue weighted by Gasteiger charge is 2.46. The van der Waals surface area contributed by atoms with Crippen molar-refractivity contribution in [3.05, 3.63) is 107 Å². The second-order valence-corrected chi connectivity index (χ2v) is 8.89. The molecule has 5 atom stereocenters. The number of ketones is 1. The number of carbonyl (C=O) groups excluding carboxylic acids is 3. The van der Waals surface area contributed by atoms with Crippen molar-refractivity contribution in [1.82, 2.24) is 0 Å². The summed E-state index contributed by atoms with van der Waals surface area (Å²) in [6.45, 7) is 0. The van der Waals surface area contributed by atoms with Gasteiger partial charge in [0, 0.05) is 34.8 Å². The average Bonchev–Trinajstić information content (AvgIpc) is 2.84. The fourth-order valence-corrected chi connectivity index (χ4v) is 5.50. The predicted molar refractivity (Wildman–Crippen MR) is 126 cm³/mol. The molecule has 3 aromatic carbocycles. The first-order chi connectivity index (χ1) is 15.6. The summed E-state index contributed by atoms with van der Waals surface area (Å²) in [5, 5.41) is 0.540. The molecular formula is C28H25ClO3. The maximum Gasteiger partial charge on any atom is 0.163 e. The topological polar surface area (TPSA) is 51.2 Å². The van der Waals surface area contributed by atoms with Crippen LogP contribution in [-0.2, 0) is 9.59 Å². The third-order valence-corrected chi connectivity index (χ3v) is 7.09. The molecule has 162 valence electrons. The van der Waals surface area contributed by atoms with Crippen LogP contribution in [0.15, 0.2) is 84.9 Å². The zero-order chi connectivity index (χ0) is 22.5. The Kier molecular flexibility index (Phi) is 6.96. The minimum Gasteiger partial charge on any atom is -0.303 e. The Balaban J connectivity index is 1.77. The van der Waals surface area contributed by atoms with Crippen LogP contribution in [0, 0.1) is 17.8 Å². The third-order valence-electron chi connectivity index (χ3n) is 6.74. The van der Waals surface area contributed by atoms with Gasteiger partial charge in [0.2, 0.25) is 0 Å². The minimum absolute atomic E-state index is 0.0109. The highest BCUT2D eigenvalue weighted by molar-refractivity contribution is 6.31. The molecule has 0 radical (unpaired) electrons. The lowest BCUT2D eigenvalue weighted by molar-refractivity contribution is -0.119. The summed E-state index contributed by atoms with van der Waals surface area (Å²) in [6, 6.07) is 26.4. The summed E-state index contributed by atoms with van der Waals surface area (Å²) < 4.78 is 0. The van der Waals surface area contributed by atoms with Crippen LogP contribution in [0.4, 0.5) is 0 Å². The van der Waals surface area contributed by atoms with E-state index in [9.17, 15) is 14.4 Å². The number of Topliss-reactive ketones (excluding diaryl/α,β-unsaturated/α-hetero) is 1. The fourth-order valence-electron chi connectivity index (χ4n) is 5.23. The Morgan fingerprint density at radius 3 is 2.03 bits per heavy atom. The monoisotopic (exact) mass is 444 g/mol. The molecule has 0 aliphatic heterocycles. The van der Waals surface area contributed by atoms with E-state index in [1.165, 1.54) is 0 Å². The number of rotatable bonds is 7. The molecule has 0 aromatic heterocycles. The molecule has 0 unspecified atom stereocenters. The molecule has 4 rings (SSSR count). The quantitative estimate of drug-likeness (QED) is 0.325. The van der Waals surface area contributed by atoms with Gasteiger partial charge in [0.1, 0.15) is 12.6 Å². The fraction of sp³-hybridized carbons (Fsp3) is 0.250. The molecule has 3 nitrogen and oxygen atoms in total. The molecule has 32 heavy (non-hydrogen) atoms. The lowest BCUT2D eigenvalue weighted by Gasteiger charge is -2.44. The summed E-state index contributed by atoms with van der Waals surface area (Å²) in [7, 11) is 0. The maximum absolute atomic E-state index is 13.1. The van der Waals surface area contributed by atoms with Gasteiger partial charge in [0.25, 0.3) is 0 Å². The van der Waals surface area contributed by atoms with Gasteiger partial charge in [-0.25, -0.2) is 0 Å². The van der Waals surface area contributed by atoms with Gasteiger partial charge in [-0.2, -0.15) is 0 Å². The summed E-state index contributed by atoms with van der Waals surface area (Å²) in [5.74, 6) is -1.54. The molecule has 0 N–H and O–H groups in total. The first-order valence-corrected chi connectivity index (χ1v) is 11.3. The molecule has 0 heterocycles. The van der Waals surface area contributed by atoms with Crippen LogP contribution in [0.25, 0.3) is 0 Å². The van der Waals surface area contributed by atoms with Crippen LogP contribution >= 0.6 is 11.6 Å². The van der Waals surface area contributed by atoms with Crippen LogP contribution in [0.3, 0.4) is 0 Å². The zero-order valence-electron chi connectivity index (χ0n) is 17.6. The third kappa shape index (κ3) is 4.44. The van der Waals surface area contributed by atoms with E-state index >= 15 is 0 Å². The number of halogens is 1. The summed E-state index contributed by atoms with van der Waals surface area (Å²) >= 11 is 6.55. The van der Waals surface area contributed by atoms with Crippen molar-refractivity contribution in [2.24, 2.45) is 17.8 Å². The zero-order valence-corrected chi connectivity index (χ0v) is 18.4. The molecule has 1 saturated carbocycles. The Bertz CT molecular complexity index is 1080. The number of hydrogen-bond donors (Lipinski definition) is 0. The van der Waals surface area contributed by atoms with E-state index in [-0.39, 0.29) is 30.0 Å². The van der Waals surface area contributed by atoms with E-state index in [1.54, 1.807) is 18.2 Å². The summed E-state index contributed by atoms with van der Waals surface area (Å²) in [5.41, 5.74) is 2.48. The van der Waals surface area contributed by atoms with E-state index < -0.39 is 11.8 Å². The summed E-state index contributed by atoms with van der Waals surface area (Å²) in [6.07, 6.45) is 2.74. The molecule has 1 fully saturated rings. The van der Waals surface area contributed by atoms with Gasteiger partial charge in [-0.15, -0.1) is 0 Å². The van der Waals surface area contributed by atoms with E-state index in [0.29, 0.717) is 17.0 Å². The van der Waals surface area contributed by atoms with Gasteiger partial charge in [-0.1, -0.05) is 90.5 Å². The Morgan fingerprint density at radius 1 is 0.812 bits per heavy atom. The number of hydrogen-bond acceptors (Lipinski definition) is 3. The molecule has 1 aliphatic rings. The largest absolute Gasteiger partial charge is 0.303 e. The van der Waals surface area contributed by atoms with E-state index in [4.69, 9.17) is 11.6 Å². The maximum atomic E-state index is 13.1. The molecular weight excluding hydrogens is 420 g/mol. The summed E-state index contributed by atoms with van der Waals surface area (Å²) in [4.78, 5) is 37.9. The van der Waals surface area contributed by atoms with Crippen LogP contribution in [-0.4, -0.2) is 18.4 Å². The number of carbonyl (C=O) groups is 3. The number of benzene rings is 3. The molecule has 1 aliphatic carbocycles. The molecule has 0 spiro atoms. The smallest absolute Gasteiger partial charge is 0.163 e. The standard InChI is InChI=1S/C28H25ClO3/c29-26-14-8-7-13-22(26)28-24(17-30)21(16-27(32)20-11-5-2-6-12-20)15-23(25(28)18-31)19-9-3-1-4-10-19/h1-14,17-18,21,23-25,28H,15-16H2/t21-,23+,24-,25+,28+/m1/s1. The van der Waals surface area contributed by atoms with Gasteiger partial charge in [-0.05, 0) is 35.4 Å². The SMILES string of the molecule is O=C[C@@H]1[C@@H](CC(=O)c2ccccc2)C[C@@H](c2ccccc2)[C@H](C=O)[C@H]1c1ccccc1Cl. The minimum atomic E-state index is -0.474. The van der Waals surface area contributed by atoms with Crippen molar-refractivity contribution in [3.63, 3.8) is 0 Å². The molecule has 3 aromatic rings. The second kappa shape index (κ2) is 10.1. The van der Waals surface area contributed by atoms with E-state index in [0.717, 1.165) is 23.7 Å². The van der Waals surface area contributed by atoms with Gasteiger partial charge in [0.15, 0.2) is 5.78 Å². The van der Waals surface area contributed by atoms with Crippen molar-refractivity contribution in [1.29, 1.82) is 0 Å². The van der Waals surface area contributed by atoms with E-state index in [2.05, 4.69) is 0 Å². The van der Waals surface area contributed by atoms with Crippen molar-refractivity contribution < 1.29 is 14.4 Å². The average molecular weight is 445 g/mol. The van der Waals surface area contributed by atoms with Gasteiger partial charge in [-0.3, -0.25) is 4.79 Å². The Hall–Kier alpha value is -3.04. The van der Waals surface area contributed by atoms with Gasteiger partial charge >= 0.3 is 0 Å². The molecule has 4 heteroatoms. The Morgan fingerprint density at radius 2 is 1.41 bits per heavy atom. The van der Waals surface area contributed by atoms with Gasteiger partial charge in [0.05, 0.1) is 0 Å². The predicted octanol–water partition coefficient (Wildman–Crippen LogP) is 6.13. The molecule has 0 saturated heterocycles. The van der Waals surface area contributed by atoms with Crippen molar-refractivity contribution in [2.45, 2.75) is 24.7 Å². The first-order valence-electron chi connectivity index (χ1n) is 10.9. The number of aldehydes is 2. The second-order valence-electron chi connectivity index (χ2n) is 8.48. The Labute approximate surface area is 193 Å².